The van der Waals surface area contributed by atoms with Crippen LogP contribution < -0.4 is 5.32 Å². The third-order valence-corrected chi connectivity index (χ3v) is 4.17. The predicted octanol–water partition coefficient (Wildman–Crippen LogP) is 2.96. The molecule has 1 aliphatic heterocycles. The van der Waals surface area contributed by atoms with E-state index in [1.54, 1.807) is 6.42 Å². The molecule has 1 atom stereocenters. The third-order valence-electron chi connectivity index (χ3n) is 4.17. The molecule has 1 heterocycles. The fourth-order valence-corrected chi connectivity index (χ4v) is 3.39. The summed E-state index contributed by atoms with van der Waals surface area (Å²) >= 11 is 0. The summed E-state index contributed by atoms with van der Waals surface area (Å²) in [6, 6.07) is 0. The van der Waals surface area contributed by atoms with Crippen LogP contribution in [0, 0.1) is 11.3 Å². The van der Waals surface area contributed by atoms with Gasteiger partial charge in [-0.1, -0.05) is 19.8 Å². The second-order valence-electron chi connectivity index (χ2n) is 5.15. The van der Waals surface area contributed by atoms with E-state index in [1.165, 1.54) is 51.6 Å². The van der Waals surface area contributed by atoms with Crippen molar-refractivity contribution in [2.75, 3.05) is 13.1 Å². The quantitative estimate of drug-likeness (QED) is 0.690. The van der Waals surface area contributed by atoms with Crippen molar-refractivity contribution in [2.24, 2.45) is 11.3 Å². The lowest BCUT2D eigenvalue weighted by molar-refractivity contribution is 0.200. The van der Waals surface area contributed by atoms with Crippen LogP contribution in [0.4, 0.5) is 0 Å². The summed E-state index contributed by atoms with van der Waals surface area (Å²) in [5.41, 5.74) is 0.783. The maximum Gasteiger partial charge on any atom is -0.00436 e. The normalized spacial score (nSPS) is 32.5. The highest BCUT2D eigenvalue weighted by Gasteiger charge is 2.38. The second-order valence-corrected chi connectivity index (χ2v) is 5.15. The van der Waals surface area contributed by atoms with Gasteiger partial charge in [0.1, 0.15) is 0 Å². The monoisotopic (exact) mass is 181 g/mol. The largest absolute Gasteiger partial charge is 0.317 e. The molecule has 1 saturated heterocycles. The van der Waals surface area contributed by atoms with Gasteiger partial charge in [-0.05, 0) is 56.5 Å². The SMILES string of the molecule is CCCC1CCC2(CCNCC2)C1. The molecule has 76 valence electrons. The van der Waals surface area contributed by atoms with Crippen LogP contribution in [0.15, 0.2) is 0 Å². The van der Waals surface area contributed by atoms with E-state index in [0.717, 1.165) is 11.3 Å². The minimum atomic E-state index is 0.783. The molecule has 1 nitrogen and oxygen atoms in total. The lowest BCUT2D eigenvalue weighted by Crippen LogP contribution is -2.35. The highest BCUT2D eigenvalue weighted by molar-refractivity contribution is 4.91. The molecule has 1 N–H and O–H groups in total. The highest BCUT2D eigenvalue weighted by atomic mass is 14.9. The molecule has 2 aliphatic rings. The van der Waals surface area contributed by atoms with Crippen molar-refractivity contribution in [1.29, 1.82) is 0 Å². The Morgan fingerprint density at radius 3 is 2.69 bits per heavy atom. The van der Waals surface area contributed by atoms with E-state index >= 15 is 0 Å². The number of nitrogens with one attached hydrogen (secondary N) is 1. The molecule has 0 aromatic heterocycles. The summed E-state index contributed by atoms with van der Waals surface area (Å²) in [5, 5.41) is 3.48. The number of rotatable bonds is 2. The predicted molar refractivity (Wildman–Crippen MR) is 56.8 cm³/mol. The van der Waals surface area contributed by atoms with Crippen LogP contribution in [0.1, 0.15) is 51.9 Å². The molecule has 13 heavy (non-hydrogen) atoms. The van der Waals surface area contributed by atoms with E-state index < -0.39 is 0 Å². The van der Waals surface area contributed by atoms with E-state index in [1.807, 2.05) is 0 Å². The molecular weight excluding hydrogens is 158 g/mol. The van der Waals surface area contributed by atoms with Crippen LogP contribution >= 0.6 is 0 Å². The van der Waals surface area contributed by atoms with Gasteiger partial charge in [0, 0.05) is 0 Å². The standard InChI is InChI=1S/C12H23N/c1-2-3-11-4-5-12(10-11)6-8-13-9-7-12/h11,13H,2-10H2,1H3. The first-order valence-corrected chi connectivity index (χ1v) is 6.05. The number of hydrogen-bond donors (Lipinski definition) is 1. The van der Waals surface area contributed by atoms with Gasteiger partial charge in [-0.25, -0.2) is 0 Å². The van der Waals surface area contributed by atoms with Crippen molar-refractivity contribution in [1.82, 2.24) is 5.32 Å². The van der Waals surface area contributed by atoms with Gasteiger partial charge < -0.3 is 5.32 Å². The second kappa shape index (κ2) is 4.00. The molecule has 0 aromatic rings. The van der Waals surface area contributed by atoms with Crippen molar-refractivity contribution < 1.29 is 0 Å². The van der Waals surface area contributed by atoms with Gasteiger partial charge in [0.25, 0.3) is 0 Å². The van der Waals surface area contributed by atoms with Crippen LogP contribution in [-0.2, 0) is 0 Å². The van der Waals surface area contributed by atoms with Gasteiger partial charge in [0.15, 0.2) is 0 Å². The zero-order valence-corrected chi connectivity index (χ0v) is 8.94. The summed E-state index contributed by atoms with van der Waals surface area (Å²) in [6.45, 7) is 4.88. The fraction of sp³-hybridized carbons (Fsp3) is 1.00. The van der Waals surface area contributed by atoms with Crippen molar-refractivity contribution >= 4 is 0 Å². The molecule has 2 rings (SSSR count). The van der Waals surface area contributed by atoms with Crippen LogP contribution in [0.5, 0.6) is 0 Å². The molecule has 1 saturated carbocycles. The number of piperidine rings is 1. The lowest BCUT2D eigenvalue weighted by Gasteiger charge is -2.34. The Morgan fingerprint density at radius 2 is 2.00 bits per heavy atom. The Hall–Kier alpha value is -0.0400. The summed E-state index contributed by atoms with van der Waals surface area (Å²) in [6.07, 6.45) is 10.4. The molecule has 0 radical (unpaired) electrons. The van der Waals surface area contributed by atoms with Gasteiger partial charge >= 0.3 is 0 Å². The van der Waals surface area contributed by atoms with Gasteiger partial charge in [-0.3, -0.25) is 0 Å². The van der Waals surface area contributed by atoms with Crippen molar-refractivity contribution in [3.8, 4) is 0 Å². The summed E-state index contributed by atoms with van der Waals surface area (Å²) < 4.78 is 0. The minimum absolute atomic E-state index is 0.783. The molecule has 1 spiro atoms. The van der Waals surface area contributed by atoms with Crippen LogP contribution in [0.25, 0.3) is 0 Å². The lowest BCUT2D eigenvalue weighted by atomic mass is 9.77. The van der Waals surface area contributed by atoms with E-state index in [2.05, 4.69) is 12.2 Å². The van der Waals surface area contributed by atoms with Crippen molar-refractivity contribution in [2.45, 2.75) is 51.9 Å². The van der Waals surface area contributed by atoms with Crippen LogP contribution in [-0.4, -0.2) is 13.1 Å². The zero-order valence-electron chi connectivity index (χ0n) is 8.94. The highest BCUT2D eigenvalue weighted by Crippen LogP contribution is 2.48. The third kappa shape index (κ3) is 2.07. The Bertz CT molecular complexity index is 159. The van der Waals surface area contributed by atoms with Gasteiger partial charge in [0.05, 0.1) is 0 Å². The maximum absolute atomic E-state index is 3.48. The first-order valence-electron chi connectivity index (χ1n) is 6.05. The Kier molecular flexibility index (Phi) is 2.92. The molecular formula is C12H23N. The van der Waals surface area contributed by atoms with E-state index in [-0.39, 0.29) is 0 Å². The van der Waals surface area contributed by atoms with Crippen molar-refractivity contribution in [3.63, 3.8) is 0 Å². The van der Waals surface area contributed by atoms with E-state index in [9.17, 15) is 0 Å². The zero-order chi connectivity index (χ0) is 9.15. The Morgan fingerprint density at radius 1 is 1.23 bits per heavy atom. The van der Waals surface area contributed by atoms with Crippen LogP contribution in [0.3, 0.4) is 0 Å². The van der Waals surface area contributed by atoms with Gasteiger partial charge in [0.2, 0.25) is 0 Å². The summed E-state index contributed by atoms with van der Waals surface area (Å²) in [4.78, 5) is 0. The van der Waals surface area contributed by atoms with Gasteiger partial charge in [-0.2, -0.15) is 0 Å². The van der Waals surface area contributed by atoms with Crippen molar-refractivity contribution in [3.05, 3.63) is 0 Å². The average Bonchev–Trinajstić information content (AvgIpc) is 2.51. The Labute approximate surface area is 82.3 Å². The maximum atomic E-state index is 3.48. The summed E-state index contributed by atoms with van der Waals surface area (Å²) in [5.74, 6) is 1.07. The first-order chi connectivity index (χ1) is 6.35. The average molecular weight is 181 g/mol. The Balaban J connectivity index is 1.87. The van der Waals surface area contributed by atoms with Crippen LogP contribution in [0.2, 0.25) is 0 Å². The van der Waals surface area contributed by atoms with E-state index in [0.29, 0.717) is 0 Å². The smallest absolute Gasteiger partial charge is 0.00436 e. The topological polar surface area (TPSA) is 12.0 Å². The fourth-order valence-electron chi connectivity index (χ4n) is 3.39. The molecule has 1 heteroatoms. The molecule has 0 aromatic carbocycles. The number of hydrogen-bond acceptors (Lipinski definition) is 1. The first kappa shape index (κ1) is 9.51. The molecule has 0 bridgehead atoms. The summed E-state index contributed by atoms with van der Waals surface area (Å²) in [7, 11) is 0. The van der Waals surface area contributed by atoms with Gasteiger partial charge in [-0.15, -0.1) is 0 Å². The minimum Gasteiger partial charge on any atom is -0.317 e. The molecule has 1 unspecified atom stereocenters. The van der Waals surface area contributed by atoms with E-state index in [4.69, 9.17) is 0 Å². The molecule has 1 aliphatic carbocycles. The molecule has 0 amide bonds. The molecule has 2 fully saturated rings.